The molecular weight excluding hydrogens is 294 g/mol. The molecule has 0 spiro atoms. The van der Waals surface area contributed by atoms with Crippen molar-refractivity contribution in [3.8, 4) is 0 Å². The van der Waals surface area contributed by atoms with Gasteiger partial charge in [-0.3, -0.25) is 4.68 Å². The summed E-state index contributed by atoms with van der Waals surface area (Å²) in [6.07, 6.45) is 0. The second kappa shape index (κ2) is 4.85. The molecule has 7 heteroatoms. The summed E-state index contributed by atoms with van der Waals surface area (Å²) in [6, 6.07) is 0. The van der Waals surface area contributed by atoms with E-state index in [4.69, 9.17) is 5.73 Å². The largest absolute Gasteiger partial charge is 0.329 e. The fourth-order valence-corrected chi connectivity index (χ4v) is 3.27. The van der Waals surface area contributed by atoms with E-state index in [2.05, 4.69) is 21.0 Å². The summed E-state index contributed by atoms with van der Waals surface area (Å²) < 4.78 is 26.1. The van der Waals surface area contributed by atoms with Crippen LogP contribution in [-0.2, 0) is 22.6 Å². The zero-order chi connectivity index (χ0) is 12.5. The van der Waals surface area contributed by atoms with Crippen molar-refractivity contribution in [1.29, 1.82) is 0 Å². The predicted octanol–water partition coefficient (Wildman–Crippen LogP) is 0.753. The molecule has 0 aliphatic carbocycles. The van der Waals surface area contributed by atoms with E-state index in [1.165, 1.54) is 0 Å². The lowest BCUT2D eigenvalue weighted by Crippen LogP contribution is -2.28. The number of aromatic nitrogens is 2. The zero-order valence-corrected chi connectivity index (χ0v) is 12.0. The van der Waals surface area contributed by atoms with Crippen LogP contribution in [0.15, 0.2) is 4.47 Å². The topological polar surface area (TPSA) is 78.0 Å². The Bertz CT molecular complexity index is 481. The Balaban J connectivity index is 3.06. The fourth-order valence-electron chi connectivity index (χ4n) is 1.32. The molecule has 1 unspecified atom stereocenters. The third-order valence-electron chi connectivity index (χ3n) is 2.54. The molecule has 0 saturated carbocycles. The van der Waals surface area contributed by atoms with E-state index in [1.54, 1.807) is 18.7 Å². The molecule has 2 N–H and O–H groups in total. The van der Waals surface area contributed by atoms with Crippen molar-refractivity contribution in [2.75, 3.05) is 6.54 Å². The van der Waals surface area contributed by atoms with Crippen molar-refractivity contribution in [2.45, 2.75) is 24.9 Å². The Morgan fingerprint density at radius 2 is 2.12 bits per heavy atom. The number of hydrogen-bond acceptors (Lipinski definition) is 4. The van der Waals surface area contributed by atoms with Gasteiger partial charge in [-0.05, 0) is 29.8 Å². The summed E-state index contributed by atoms with van der Waals surface area (Å²) in [5.41, 5.74) is 6.83. The van der Waals surface area contributed by atoms with Crippen LogP contribution < -0.4 is 5.73 Å². The minimum Gasteiger partial charge on any atom is -0.329 e. The van der Waals surface area contributed by atoms with Crippen molar-refractivity contribution < 1.29 is 8.42 Å². The minimum absolute atomic E-state index is 0.0384. The maximum atomic E-state index is 11.9. The predicted molar refractivity (Wildman–Crippen MR) is 66.8 cm³/mol. The highest BCUT2D eigenvalue weighted by Crippen LogP contribution is 2.23. The number of halogens is 1. The van der Waals surface area contributed by atoms with Crippen LogP contribution in [0.2, 0.25) is 0 Å². The van der Waals surface area contributed by atoms with E-state index in [-0.39, 0.29) is 12.3 Å². The van der Waals surface area contributed by atoms with Crippen molar-refractivity contribution in [1.82, 2.24) is 9.78 Å². The first-order valence-corrected chi connectivity index (χ1v) is 7.40. The highest BCUT2D eigenvalue weighted by Gasteiger charge is 2.23. The van der Waals surface area contributed by atoms with Gasteiger partial charge in [0.05, 0.1) is 26.9 Å². The van der Waals surface area contributed by atoms with E-state index in [0.717, 1.165) is 10.2 Å². The van der Waals surface area contributed by atoms with Crippen molar-refractivity contribution >= 4 is 25.8 Å². The van der Waals surface area contributed by atoms with Crippen LogP contribution in [0.5, 0.6) is 0 Å². The van der Waals surface area contributed by atoms with Crippen LogP contribution >= 0.6 is 15.9 Å². The van der Waals surface area contributed by atoms with Gasteiger partial charge in [-0.2, -0.15) is 5.10 Å². The normalized spacial score (nSPS) is 14.1. The van der Waals surface area contributed by atoms with Gasteiger partial charge in [0, 0.05) is 13.6 Å². The number of nitrogens with zero attached hydrogens (tertiary/aromatic N) is 2. The molecule has 0 bridgehead atoms. The average molecular weight is 310 g/mol. The van der Waals surface area contributed by atoms with Crippen LogP contribution in [0.25, 0.3) is 0 Å². The molecule has 92 valence electrons. The molecule has 0 amide bonds. The molecule has 0 aromatic carbocycles. The summed E-state index contributed by atoms with van der Waals surface area (Å²) >= 11 is 3.35. The third-order valence-corrected chi connectivity index (χ3v) is 5.67. The van der Waals surface area contributed by atoms with E-state index in [9.17, 15) is 8.42 Å². The Hall–Kier alpha value is -0.400. The summed E-state index contributed by atoms with van der Waals surface area (Å²) in [7, 11) is -1.48. The molecular formula is C9H16BrN3O2S. The second-order valence-corrected chi connectivity index (χ2v) is 7.04. The Morgan fingerprint density at radius 3 is 2.50 bits per heavy atom. The molecule has 0 aliphatic heterocycles. The lowest BCUT2D eigenvalue weighted by atomic mass is 10.4. The van der Waals surface area contributed by atoms with E-state index in [0.29, 0.717) is 5.69 Å². The summed E-state index contributed by atoms with van der Waals surface area (Å²) in [6.45, 7) is 3.58. The van der Waals surface area contributed by atoms with Gasteiger partial charge in [-0.25, -0.2) is 8.42 Å². The number of sulfone groups is 1. The maximum absolute atomic E-state index is 11.9. The van der Waals surface area contributed by atoms with Crippen LogP contribution in [0.3, 0.4) is 0 Å². The Labute approximate surface area is 104 Å². The number of aryl methyl sites for hydroxylation is 2. The van der Waals surface area contributed by atoms with Gasteiger partial charge in [0.2, 0.25) is 0 Å². The monoisotopic (exact) mass is 309 g/mol. The van der Waals surface area contributed by atoms with E-state index in [1.807, 2.05) is 6.92 Å². The van der Waals surface area contributed by atoms with Gasteiger partial charge < -0.3 is 5.73 Å². The lowest BCUT2D eigenvalue weighted by Gasteiger charge is -2.10. The first kappa shape index (κ1) is 13.7. The van der Waals surface area contributed by atoms with Gasteiger partial charge in [0.25, 0.3) is 0 Å². The summed E-state index contributed by atoms with van der Waals surface area (Å²) in [5.74, 6) is -0.0384. The molecule has 0 radical (unpaired) electrons. The molecule has 1 rings (SSSR count). The summed E-state index contributed by atoms with van der Waals surface area (Å²) in [5, 5.41) is 3.62. The first-order valence-electron chi connectivity index (χ1n) is 4.89. The maximum Gasteiger partial charge on any atom is 0.159 e. The van der Waals surface area contributed by atoms with Crippen LogP contribution in [0, 0.1) is 6.92 Å². The van der Waals surface area contributed by atoms with E-state index < -0.39 is 15.1 Å². The van der Waals surface area contributed by atoms with Crippen molar-refractivity contribution in [3.05, 3.63) is 15.9 Å². The molecule has 1 aromatic rings. The molecule has 1 heterocycles. The number of nitrogens with two attached hydrogens (primary N) is 1. The minimum atomic E-state index is -3.21. The molecule has 0 fully saturated rings. The fraction of sp³-hybridized carbons (Fsp3) is 0.667. The van der Waals surface area contributed by atoms with Gasteiger partial charge in [-0.15, -0.1) is 0 Å². The van der Waals surface area contributed by atoms with Crippen molar-refractivity contribution in [3.63, 3.8) is 0 Å². The molecule has 5 nitrogen and oxygen atoms in total. The smallest absolute Gasteiger partial charge is 0.159 e. The molecule has 1 aromatic heterocycles. The molecule has 0 saturated heterocycles. The van der Waals surface area contributed by atoms with Crippen LogP contribution in [0.4, 0.5) is 0 Å². The van der Waals surface area contributed by atoms with Gasteiger partial charge in [0.15, 0.2) is 9.84 Å². The first-order chi connectivity index (χ1) is 7.29. The van der Waals surface area contributed by atoms with Gasteiger partial charge >= 0.3 is 0 Å². The quantitative estimate of drug-likeness (QED) is 0.890. The van der Waals surface area contributed by atoms with Crippen LogP contribution in [0.1, 0.15) is 18.3 Å². The van der Waals surface area contributed by atoms with E-state index >= 15 is 0 Å². The average Bonchev–Trinajstić information content (AvgIpc) is 2.43. The SMILES string of the molecule is Cc1nn(C)c(CS(=O)(=O)C(C)CN)c1Br. The standard InChI is InChI=1S/C9H16BrN3O2S/c1-6(4-11)16(14,15)5-8-9(10)7(2)12-13(8)3/h6H,4-5,11H2,1-3H3. The number of hydrogen-bond donors (Lipinski definition) is 1. The lowest BCUT2D eigenvalue weighted by molar-refractivity contribution is 0.579. The summed E-state index contributed by atoms with van der Waals surface area (Å²) in [4.78, 5) is 0. The zero-order valence-electron chi connectivity index (χ0n) is 9.57. The Kier molecular flexibility index (Phi) is 4.14. The third kappa shape index (κ3) is 2.64. The Morgan fingerprint density at radius 1 is 1.56 bits per heavy atom. The molecule has 1 atom stereocenters. The number of rotatable bonds is 4. The van der Waals surface area contributed by atoms with Crippen molar-refractivity contribution in [2.24, 2.45) is 12.8 Å². The van der Waals surface area contributed by atoms with Gasteiger partial charge in [0.1, 0.15) is 0 Å². The molecule has 0 aliphatic rings. The molecule has 16 heavy (non-hydrogen) atoms. The van der Waals surface area contributed by atoms with Crippen LogP contribution in [-0.4, -0.2) is 30.0 Å². The van der Waals surface area contributed by atoms with Gasteiger partial charge in [-0.1, -0.05) is 0 Å². The highest BCUT2D eigenvalue weighted by molar-refractivity contribution is 9.10. The highest BCUT2D eigenvalue weighted by atomic mass is 79.9. The second-order valence-electron chi connectivity index (χ2n) is 3.82.